The molecule has 1 aliphatic rings. The highest BCUT2D eigenvalue weighted by Gasteiger charge is 2.33. The Hall–Kier alpha value is -4.40. The molecule has 16 heteroatoms. The summed E-state index contributed by atoms with van der Waals surface area (Å²) in [6, 6.07) is 12.7. The molecule has 2 aromatic heterocycles. The van der Waals surface area contributed by atoms with E-state index in [1.807, 2.05) is 13.5 Å². The first kappa shape index (κ1) is 33.0. The number of benzene rings is 2. The summed E-state index contributed by atoms with van der Waals surface area (Å²) in [7, 11) is -0.295. The van der Waals surface area contributed by atoms with E-state index in [-0.39, 0.29) is 52.9 Å². The van der Waals surface area contributed by atoms with Crippen LogP contribution in [-0.4, -0.2) is 59.7 Å². The summed E-state index contributed by atoms with van der Waals surface area (Å²) in [4.78, 5) is 53.6. The Balaban J connectivity index is 1.54. The zero-order chi connectivity index (χ0) is 33.3. The number of nitrogens with one attached hydrogen (secondary N) is 2. The molecule has 2 amide bonds. The first-order valence-electron chi connectivity index (χ1n) is 13.8. The Morgan fingerprint density at radius 3 is 2.39 bits per heavy atom. The molecule has 4 aromatic rings. The highest BCUT2D eigenvalue weighted by Crippen LogP contribution is 2.28. The number of hydrogen-bond acceptors (Lipinski definition) is 7. The summed E-state index contributed by atoms with van der Waals surface area (Å²) in [5, 5.41) is 3.71. The van der Waals surface area contributed by atoms with Crippen LogP contribution in [0.25, 0.3) is 5.69 Å². The van der Waals surface area contributed by atoms with E-state index in [0.717, 1.165) is 0 Å². The molecule has 0 fully saturated rings. The highest BCUT2D eigenvalue weighted by atomic mass is 35.5. The predicted molar refractivity (Wildman–Crippen MR) is 169 cm³/mol. The summed E-state index contributed by atoms with van der Waals surface area (Å²) < 4.78 is 43.3. The maximum atomic E-state index is 14.1. The van der Waals surface area contributed by atoms with Gasteiger partial charge in [0.05, 0.1) is 34.2 Å². The second kappa shape index (κ2) is 13.1. The standard InChI is InChI=1S/C30H26Cl2F3N6O4Si/c1-16-12-21-25(15-40(16)27(43)17-4-10-22(31)23(32)13-17)38-29(39-46(3)20-8-6-19(7-9-20)45-30(33,34)35)41(28(21)44)18-5-11-24(37-14-18)26(42)36-2/h4-11,13-14,16H,12,15H2,1-3H3,(H,36,42)(H,38,39)/t16-/m1/s1. The number of ether oxygens (including phenoxy) is 1. The van der Waals surface area contributed by atoms with Gasteiger partial charge in [-0.25, -0.2) is 14.5 Å². The molecule has 1 aliphatic heterocycles. The van der Waals surface area contributed by atoms with Crippen molar-refractivity contribution < 1.29 is 27.5 Å². The second-order valence-corrected chi connectivity index (χ2v) is 13.3. The lowest BCUT2D eigenvalue weighted by molar-refractivity contribution is -0.274. The van der Waals surface area contributed by atoms with Gasteiger partial charge in [-0.05, 0) is 67.5 Å². The van der Waals surface area contributed by atoms with Crippen molar-refractivity contribution in [1.82, 2.24) is 24.8 Å². The van der Waals surface area contributed by atoms with Crippen LogP contribution in [0.15, 0.2) is 65.6 Å². The molecule has 3 heterocycles. The summed E-state index contributed by atoms with van der Waals surface area (Å²) in [6.45, 7) is 3.70. The van der Waals surface area contributed by atoms with Gasteiger partial charge in [-0.3, -0.25) is 14.4 Å². The minimum atomic E-state index is -4.82. The molecule has 2 aromatic carbocycles. The highest BCUT2D eigenvalue weighted by molar-refractivity contribution is 6.74. The number of nitrogens with zero attached hydrogens (tertiary/aromatic N) is 4. The van der Waals surface area contributed by atoms with Gasteiger partial charge in [0.15, 0.2) is 0 Å². The lowest BCUT2D eigenvalue weighted by Gasteiger charge is -2.35. The number of rotatable bonds is 7. The van der Waals surface area contributed by atoms with Crippen molar-refractivity contribution in [2.45, 2.75) is 38.8 Å². The third-order valence-electron chi connectivity index (χ3n) is 7.33. The molecule has 1 radical (unpaired) electrons. The lowest BCUT2D eigenvalue weighted by atomic mass is 9.98. The summed E-state index contributed by atoms with van der Waals surface area (Å²) in [6.07, 6.45) is -3.23. The summed E-state index contributed by atoms with van der Waals surface area (Å²) in [5.41, 5.74) is 1.21. The quantitative estimate of drug-likeness (QED) is 0.270. The van der Waals surface area contributed by atoms with Crippen LogP contribution in [0.3, 0.4) is 0 Å². The molecule has 0 spiro atoms. The molecular formula is C30H26Cl2F3N6O4Si. The first-order chi connectivity index (χ1) is 21.8. The van der Waals surface area contributed by atoms with Gasteiger partial charge >= 0.3 is 6.36 Å². The van der Waals surface area contributed by atoms with E-state index >= 15 is 0 Å². The topological polar surface area (TPSA) is 118 Å². The fraction of sp³-hybridized carbons (Fsp3) is 0.233. The zero-order valence-corrected chi connectivity index (χ0v) is 27.1. The van der Waals surface area contributed by atoms with Gasteiger partial charge < -0.3 is 19.9 Å². The van der Waals surface area contributed by atoms with E-state index in [0.29, 0.717) is 32.7 Å². The molecule has 0 saturated heterocycles. The van der Waals surface area contributed by atoms with Crippen molar-refractivity contribution in [2.75, 3.05) is 12.0 Å². The number of fused-ring (bicyclic) bond motifs is 1. The van der Waals surface area contributed by atoms with Crippen LogP contribution in [0.5, 0.6) is 5.75 Å². The van der Waals surface area contributed by atoms with Gasteiger partial charge in [0.2, 0.25) is 14.9 Å². The molecular weight excluding hydrogens is 664 g/mol. The van der Waals surface area contributed by atoms with Crippen LogP contribution in [0.2, 0.25) is 16.6 Å². The Labute approximate surface area is 272 Å². The first-order valence-corrected chi connectivity index (χ1v) is 16.6. The molecule has 0 unspecified atom stereocenters. The number of amides is 2. The second-order valence-electron chi connectivity index (χ2n) is 10.4. The average molecular weight is 691 g/mol. The van der Waals surface area contributed by atoms with Crippen molar-refractivity contribution in [3.63, 3.8) is 0 Å². The molecule has 0 aliphatic carbocycles. The third-order valence-corrected chi connectivity index (χ3v) is 9.86. The van der Waals surface area contributed by atoms with E-state index in [1.54, 1.807) is 17.0 Å². The van der Waals surface area contributed by atoms with Crippen molar-refractivity contribution in [1.29, 1.82) is 0 Å². The van der Waals surface area contributed by atoms with Crippen LogP contribution in [0.1, 0.15) is 39.0 Å². The largest absolute Gasteiger partial charge is 0.573 e. The van der Waals surface area contributed by atoms with E-state index in [4.69, 9.17) is 28.2 Å². The van der Waals surface area contributed by atoms with Gasteiger partial charge in [-0.1, -0.05) is 35.3 Å². The Morgan fingerprint density at radius 1 is 1.07 bits per heavy atom. The van der Waals surface area contributed by atoms with Gasteiger partial charge in [-0.15, -0.1) is 13.2 Å². The van der Waals surface area contributed by atoms with Crippen LogP contribution >= 0.6 is 23.2 Å². The van der Waals surface area contributed by atoms with Crippen LogP contribution in [0.4, 0.5) is 19.1 Å². The zero-order valence-electron chi connectivity index (χ0n) is 24.6. The minimum absolute atomic E-state index is 0.0312. The number of aromatic nitrogens is 3. The number of hydrogen-bond donors (Lipinski definition) is 2. The fourth-order valence-corrected chi connectivity index (χ4v) is 6.59. The number of anilines is 1. The molecule has 46 heavy (non-hydrogen) atoms. The molecule has 0 saturated carbocycles. The number of pyridine rings is 1. The Kier molecular flexibility index (Phi) is 9.42. The fourth-order valence-electron chi connectivity index (χ4n) is 4.98. The monoisotopic (exact) mass is 689 g/mol. The van der Waals surface area contributed by atoms with Gasteiger partial charge in [0, 0.05) is 24.2 Å². The van der Waals surface area contributed by atoms with Crippen LogP contribution in [0, 0.1) is 0 Å². The molecule has 239 valence electrons. The van der Waals surface area contributed by atoms with Gasteiger partial charge in [-0.2, -0.15) is 0 Å². The minimum Gasteiger partial charge on any atom is -0.406 e. The maximum absolute atomic E-state index is 14.1. The summed E-state index contributed by atoms with van der Waals surface area (Å²) in [5.74, 6) is -0.939. The van der Waals surface area contributed by atoms with E-state index in [2.05, 4.69) is 20.0 Å². The molecule has 10 nitrogen and oxygen atoms in total. The lowest BCUT2D eigenvalue weighted by Crippen LogP contribution is -2.46. The van der Waals surface area contributed by atoms with Crippen molar-refractivity contribution in [3.05, 3.63) is 104 Å². The smallest absolute Gasteiger partial charge is 0.406 e. The Bertz CT molecular complexity index is 1860. The normalized spacial score (nSPS) is 14.5. The average Bonchev–Trinajstić information content (AvgIpc) is 3.01. The summed E-state index contributed by atoms with van der Waals surface area (Å²) >= 11 is 12.2. The van der Waals surface area contributed by atoms with E-state index in [1.165, 1.54) is 60.3 Å². The van der Waals surface area contributed by atoms with Crippen LogP contribution < -0.4 is 25.8 Å². The maximum Gasteiger partial charge on any atom is 0.573 e. The number of carbonyl (C=O) groups excluding carboxylic acids is 2. The predicted octanol–water partition coefficient (Wildman–Crippen LogP) is 4.72. The van der Waals surface area contributed by atoms with Crippen molar-refractivity contribution in [3.8, 4) is 11.4 Å². The van der Waals surface area contributed by atoms with Gasteiger partial charge in [0.1, 0.15) is 11.4 Å². The van der Waals surface area contributed by atoms with E-state index in [9.17, 15) is 27.6 Å². The number of carbonyl (C=O) groups is 2. The number of alkyl halides is 3. The molecule has 0 bridgehead atoms. The van der Waals surface area contributed by atoms with Crippen molar-refractivity contribution in [2.24, 2.45) is 0 Å². The molecule has 2 N–H and O–H groups in total. The third kappa shape index (κ3) is 7.03. The molecule has 5 rings (SSSR count). The Morgan fingerprint density at radius 2 is 1.78 bits per heavy atom. The van der Waals surface area contributed by atoms with E-state index < -0.39 is 21.2 Å². The molecule has 1 atom stereocenters. The van der Waals surface area contributed by atoms with Crippen molar-refractivity contribution >= 4 is 55.1 Å². The SMILES string of the molecule is CNC(=O)c1ccc(-n2c(N[Si](C)c3ccc(OC(F)(F)F)cc3)nc3c(c2=O)C[C@@H](C)N(C(=O)c2ccc(Cl)c(Cl)c2)C3)cn1. The number of halogens is 5. The van der Waals surface area contributed by atoms with Gasteiger partial charge in [0.25, 0.3) is 17.4 Å². The van der Waals surface area contributed by atoms with Crippen LogP contribution in [-0.2, 0) is 13.0 Å².